The fraction of sp³-hybridized carbons (Fsp3) is 0.400. The summed E-state index contributed by atoms with van der Waals surface area (Å²) in [6, 6.07) is 7.47. The van der Waals surface area contributed by atoms with Crippen molar-refractivity contribution in [1.82, 2.24) is 20.1 Å². The molecule has 0 saturated heterocycles. The van der Waals surface area contributed by atoms with E-state index in [-0.39, 0.29) is 11.9 Å². The minimum Gasteiger partial charge on any atom is -0.490 e. The lowest BCUT2D eigenvalue weighted by Gasteiger charge is -2.13. The van der Waals surface area contributed by atoms with Crippen molar-refractivity contribution >= 4 is 27.9 Å². The van der Waals surface area contributed by atoms with Gasteiger partial charge in [-0.3, -0.25) is 4.79 Å². The molecular weight excluding hydrogens is 420 g/mol. The molecule has 0 aliphatic rings. The number of fused-ring (bicyclic) bond motifs is 2. The number of rotatable bonds is 8. The molecule has 0 spiro atoms. The number of furan rings is 1. The summed E-state index contributed by atoms with van der Waals surface area (Å²) >= 11 is 0. The summed E-state index contributed by atoms with van der Waals surface area (Å²) in [5, 5.41) is 9.28. The van der Waals surface area contributed by atoms with E-state index in [1.165, 1.54) is 0 Å². The van der Waals surface area contributed by atoms with Crippen LogP contribution in [-0.2, 0) is 18.3 Å². The van der Waals surface area contributed by atoms with E-state index in [2.05, 4.69) is 10.4 Å². The zero-order valence-corrected chi connectivity index (χ0v) is 20.0. The van der Waals surface area contributed by atoms with E-state index in [0.29, 0.717) is 42.4 Å². The fourth-order valence-electron chi connectivity index (χ4n) is 4.27. The number of amides is 1. The van der Waals surface area contributed by atoms with E-state index in [4.69, 9.17) is 18.9 Å². The van der Waals surface area contributed by atoms with Crippen LogP contribution in [0.5, 0.6) is 11.6 Å². The number of benzene rings is 1. The van der Waals surface area contributed by atoms with Crippen LogP contribution in [0, 0.1) is 13.8 Å². The van der Waals surface area contributed by atoms with Crippen LogP contribution >= 0.6 is 0 Å². The van der Waals surface area contributed by atoms with Crippen molar-refractivity contribution in [3.8, 4) is 11.6 Å². The Labute approximate surface area is 192 Å². The molecule has 8 nitrogen and oxygen atoms in total. The van der Waals surface area contributed by atoms with Crippen molar-refractivity contribution in [2.45, 2.75) is 46.6 Å². The van der Waals surface area contributed by atoms with E-state index < -0.39 is 0 Å². The van der Waals surface area contributed by atoms with Crippen molar-refractivity contribution in [2.24, 2.45) is 7.05 Å². The standard InChI is InChI=1S/C25H30N4O4/c1-7-32-19-10-8-9-17-13-20(33-23(17)19)16(4)26-21(30)12-11-18-14(2)22-24(27-15(18)3)29(5)28-25(22)31-6/h8-10,13,16H,7,11-12H2,1-6H3,(H,26,30). The second kappa shape index (κ2) is 9.13. The maximum absolute atomic E-state index is 12.8. The summed E-state index contributed by atoms with van der Waals surface area (Å²) in [4.78, 5) is 17.5. The number of hydrogen-bond acceptors (Lipinski definition) is 6. The van der Waals surface area contributed by atoms with E-state index in [9.17, 15) is 4.79 Å². The van der Waals surface area contributed by atoms with E-state index >= 15 is 0 Å². The third-order valence-electron chi connectivity index (χ3n) is 5.95. The third kappa shape index (κ3) is 4.25. The summed E-state index contributed by atoms with van der Waals surface area (Å²) in [6.45, 7) is 8.41. The molecule has 0 fully saturated rings. The van der Waals surface area contributed by atoms with Crippen LogP contribution in [0.4, 0.5) is 0 Å². The molecule has 1 atom stereocenters. The Morgan fingerprint density at radius 1 is 1.30 bits per heavy atom. The SMILES string of the molecule is CCOc1cccc2cc(C(C)NC(=O)CCc3c(C)nc4c(c(OC)nn4C)c3C)oc12. The van der Waals surface area contributed by atoms with Crippen LogP contribution in [0.15, 0.2) is 28.7 Å². The fourth-order valence-corrected chi connectivity index (χ4v) is 4.27. The Hall–Kier alpha value is -3.55. The number of methoxy groups -OCH3 is 1. The molecule has 0 saturated carbocycles. The molecule has 4 rings (SSSR count). The van der Waals surface area contributed by atoms with Crippen molar-refractivity contribution in [2.75, 3.05) is 13.7 Å². The lowest BCUT2D eigenvalue weighted by Crippen LogP contribution is -2.26. The number of nitrogens with zero attached hydrogens (tertiary/aromatic N) is 3. The van der Waals surface area contributed by atoms with Gasteiger partial charge in [0.25, 0.3) is 0 Å². The third-order valence-corrected chi connectivity index (χ3v) is 5.95. The molecule has 8 heteroatoms. The van der Waals surface area contributed by atoms with Crippen LogP contribution in [0.2, 0.25) is 0 Å². The van der Waals surface area contributed by atoms with Gasteiger partial charge in [0, 0.05) is 24.5 Å². The van der Waals surface area contributed by atoms with Crippen molar-refractivity contribution in [1.29, 1.82) is 0 Å². The summed E-state index contributed by atoms with van der Waals surface area (Å²) in [7, 11) is 3.45. The number of nitrogens with one attached hydrogen (secondary N) is 1. The van der Waals surface area contributed by atoms with Crippen molar-refractivity contribution in [3.63, 3.8) is 0 Å². The number of ether oxygens (including phenoxy) is 2. The average Bonchev–Trinajstić information content (AvgIpc) is 3.36. The number of aryl methyl sites for hydroxylation is 3. The number of aromatic nitrogens is 3. The normalized spacial score (nSPS) is 12.3. The number of para-hydroxylation sites is 1. The second-order valence-electron chi connectivity index (χ2n) is 8.18. The van der Waals surface area contributed by atoms with Gasteiger partial charge in [0.1, 0.15) is 5.76 Å². The monoisotopic (exact) mass is 450 g/mol. The van der Waals surface area contributed by atoms with Crippen LogP contribution in [0.25, 0.3) is 22.0 Å². The summed E-state index contributed by atoms with van der Waals surface area (Å²) < 4.78 is 18.8. The maximum atomic E-state index is 12.8. The van der Waals surface area contributed by atoms with Gasteiger partial charge in [-0.1, -0.05) is 12.1 Å². The Kier molecular flexibility index (Phi) is 6.26. The molecule has 1 unspecified atom stereocenters. The Bertz CT molecular complexity index is 1320. The molecule has 0 aliphatic heterocycles. The summed E-state index contributed by atoms with van der Waals surface area (Å²) in [6.07, 6.45) is 0.915. The van der Waals surface area contributed by atoms with Gasteiger partial charge in [-0.25, -0.2) is 9.67 Å². The molecule has 0 bridgehead atoms. The topological polar surface area (TPSA) is 91.4 Å². The predicted molar refractivity (Wildman–Crippen MR) is 127 cm³/mol. The number of carbonyl (C=O) groups is 1. The highest BCUT2D eigenvalue weighted by molar-refractivity contribution is 5.87. The van der Waals surface area contributed by atoms with Gasteiger partial charge < -0.3 is 19.2 Å². The lowest BCUT2D eigenvalue weighted by atomic mass is 10.00. The highest BCUT2D eigenvalue weighted by Crippen LogP contribution is 2.32. The van der Waals surface area contributed by atoms with Gasteiger partial charge in [-0.2, -0.15) is 0 Å². The lowest BCUT2D eigenvalue weighted by molar-refractivity contribution is -0.121. The highest BCUT2D eigenvalue weighted by atomic mass is 16.5. The first-order valence-corrected chi connectivity index (χ1v) is 11.1. The molecule has 0 radical (unpaired) electrons. The quantitative estimate of drug-likeness (QED) is 0.423. The zero-order valence-electron chi connectivity index (χ0n) is 20.0. The molecule has 174 valence electrons. The first-order valence-electron chi connectivity index (χ1n) is 11.1. The minimum atomic E-state index is -0.263. The Morgan fingerprint density at radius 2 is 2.09 bits per heavy atom. The molecule has 33 heavy (non-hydrogen) atoms. The van der Waals surface area contributed by atoms with E-state index in [1.54, 1.807) is 11.8 Å². The molecule has 3 aromatic heterocycles. The van der Waals surface area contributed by atoms with Gasteiger partial charge >= 0.3 is 0 Å². The van der Waals surface area contributed by atoms with Crippen molar-refractivity contribution < 1.29 is 18.7 Å². The van der Waals surface area contributed by atoms with Gasteiger partial charge in [-0.15, -0.1) is 5.10 Å². The smallest absolute Gasteiger partial charge is 0.242 e. The van der Waals surface area contributed by atoms with E-state index in [1.807, 2.05) is 59.0 Å². The van der Waals surface area contributed by atoms with Crippen LogP contribution in [0.1, 0.15) is 48.9 Å². The van der Waals surface area contributed by atoms with Gasteiger partial charge in [0.05, 0.1) is 25.1 Å². The van der Waals surface area contributed by atoms with Gasteiger partial charge in [-0.05, 0) is 57.4 Å². The number of carbonyl (C=O) groups excluding carboxylic acids is 1. The first kappa shape index (κ1) is 22.6. The molecule has 1 aromatic carbocycles. The zero-order chi connectivity index (χ0) is 23.7. The Balaban J connectivity index is 1.48. The molecule has 0 aliphatic carbocycles. The van der Waals surface area contributed by atoms with Gasteiger partial charge in [0.15, 0.2) is 17.0 Å². The number of hydrogen-bond donors (Lipinski definition) is 1. The average molecular weight is 451 g/mol. The predicted octanol–water partition coefficient (Wildman–Crippen LogP) is 4.55. The molecule has 3 heterocycles. The van der Waals surface area contributed by atoms with Gasteiger partial charge in [0.2, 0.25) is 11.8 Å². The maximum Gasteiger partial charge on any atom is 0.242 e. The van der Waals surface area contributed by atoms with Crippen molar-refractivity contribution in [3.05, 3.63) is 46.8 Å². The van der Waals surface area contributed by atoms with Crippen LogP contribution in [0.3, 0.4) is 0 Å². The second-order valence-corrected chi connectivity index (χ2v) is 8.18. The Morgan fingerprint density at radius 3 is 2.82 bits per heavy atom. The van der Waals surface area contributed by atoms with Crippen LogP contribution < -0.4 is 14.8 Å². The summed E-state index contributed by atoms with van der Waals surface area (Å²) in [5.74, 6) is 1.90. The molecule has 4 aromatic rings. The minimum absolute atomic E-state index is 0.0509. The highest BCUT2D eigenvalue weighted by Gasteiger charge is 2.20. The molecular formula is C25H30N4O4. The van der Waals surface area contributed by atoms with Crippen LogP contribution in [-0.4, -0.2) is 34.4 Å². The van der Waals surface area contributed by atoms with E-state index in [0.717, 1.165) is 33.2 Å². The molecule has 1 N–H and O–H groups in total. The molecule has 1 amide bonds. The first-order chi connectivity index (χ1) is 15.8. The largest absolute Gasteiger partial charge is 0.490 e. The summed E-state index contributed by atoms with van der Waals surface area (Å²) in [5.41, 5.74) is 4.46. The number of pyridine rings is 1.